The highest BCUT2D eigenvalue weighted by Crippen LogP contribution is 2.22. The Labute approximate surface area is 135 Å². The topological polar surface area (TPSA) is 124 Å². The Kier molecular flexibility index (Phi) is 4.06. The van der Waals surface area contributed by atoms with Gasteiger partial charge in [-0.25, -0.2) is 0 Å². The number of aromatic nitrogens is 2. The van der Waals surface area contributed by atoms with Gasteiger partial charge in [0.15, 0.2) is 5.76 Å². The van der Waals surface area contributed by atoms with E-state index in [1.54, 1.807) is 19.1 Å². The third-order valence-electron chi connectivity index (χ3n) is 3.22. The Morgan fingerprint density at radius 3 is 2.88 bits per heavy atom. The van der Waals surface area contributed by atoms with E-state index >= 15 is 0 Å². The van der Waals surface area contributed by atoms with E-state index in [2.05, 4.69) is 15.5 Å². The first kappa shape index (κ1) is 15.4. The molecule has 1 N–H and O–H groups in total. The van der Waals surface area contributed by atoms with E-state index in [1.807, 2.05) is 0 Å². The molecule has 24 heavy (non-hydrogen) atoms. The van der Waals surface area contributed by atoms with Crippen molar-refractivity contribution in [1.29, 1.82) is 0 Å². The largest absolute Gasteiger partial charge is 0.459 e. The van der Waals surface area contributed by atoms with Crippen LogP contribution in [0.1, 0.15) is 29.4 Å². The van der Waals surface area contributed by atoms with Crippen LogP contribution >= 0.6 is 0 Å². The number of furan rings is 1. The molecule has 1 amide bonds. The number of nitro groups is 1. The predicted molar refractivity (Wildman–Crippen MR) is 81.0 cm³/mol. The molecule has 0 radical (unpaired) electrons. The summed E-state index contributed by atoms with van der Waals surface area (Å²) in [5, 5.41) is 17.3. The van der Waals surface area contributed by atoms with E-state index in [9.17, 15) is 14.9 Å². The lowest BCUT2D eigenvalue weighted by Gasteiger charge is -2.07. The van der Waals surface area contributed by atoms with Gasteiger partial charge in [0.2, 0.25) is 11.7 Å². The first-order valence-electron chi connectivity index (χ1n) is 6.97. The number of non-ortho nitro benzene ring substituents is 1. The van der Waals surface area contributed by atoms with Gasteiger partial charge in [0, 0.05) is 17.7 Å². The number of carbonyl (C=O) groups is 1. The summed E-state index contributed by atoms with van der Waals surface area (Å²) in [6.45, 7) is 1.67. The number of carbonyl (C=O) groups excluding carboxylic acids is 1. The average Bonchev–Trinajstić information content (AvgIpc) is 3.26. The van der Waals surface area contributed by atoms with Gasteiger partial charge in [-0.15, -0.1) is 0 Å². The molecule has 122 valence electrons. The van der Waals surface area contributed by atoms with Gasteiger partial charge in [-0.1, -0.05) is 17.3 Å². The standard InChI is InChI=1S/C15H12N4O5/c1-9(16-14(20)12-6-3-7-23-12)15-17-13(18-24-15)10-4-2-5-11(8-10)19(21)22/h2-9H,1H3,(H,16,20). The minimum atomic E-state index is -0.553. The number of hydrogen-bond donors (Lipinski definition) is 1. The number of benzene rings is 1. The molecule has 1 aromatic carbocycles. The molecule has 0 saturated heterocycles. The molecule has 0 bridgehead atoms. The summed E-state index contributed by atoms with van der Waals surface area (Å²) >= 11 is 0. The number of hydrogen-bond acceptors (Lipinski definition) is 7. The van der Waals surface area contributed by atoms with Crippen LogP contribution in [0.15, 0.2) is 51.6 Å². The molecule has 0 fully saturated rings. The molecule has 9 heteroatoms. The first-order chi connectivity index (χ1) is 11.5. The van der Waals surface area contributed by atoms with Gasteiger partial charge < -0.3 is 14.3 Å². The molecule has 0 aliphatic heterocycles. The summed E-state index contributed by atoms with van der Waals surface area (Å²) in [6.07, 6.45) is 1.40. The molecule has 3 aromatic rings. The van der Waals surface area contributed by atoms with Crippen molar-refractivity contribution < 1.29 is 18.7 Å². The van der Waals surface area contributed by atoms with Crippen molar-refractivity contribution in [3.63, 3.8) is 0 Å². The Morgan fingerprint density at radius 2 is 2.17 bits per heavy atom. The van der Waals surface area contributed by atoms with E-state index in [4.69, 9.17) is 8.94 Å². The highest BCUT2D eigenvalue weighted by Gasteiger charge is 2.20. The van der Waals surface area contributed by atoms with Crippen LogP contribution in [0.5, 0.6) is 0 Å². The van der Waals surface area contributed by atoms with E-state index < -0.39 is 16.9 Å². The van der Waals surface area contributed by atoms with Crippen LogP contribution in [0.25, 0.3) is 11.4 Å². The number of nitrogens with zero attached hydrogens (tertiary/aromatic N) is 3. The maximum atomic E-state index is 11.9. The van der Waals surface area contributed by atoms with Crippen molar-refractivity contribution in [2.45, 2.75) is 13.0 Å². The molecule has 0 aliphatic carbocycles. The average molecular weight is 328 g/mol. The summed E-state index contributed by atoms with van der Waals surface area (Å²) in [5.41, 5.74) is 0.377. The number of amides is 1. The predicted octanol–water partition coefficient (Wildman–Crippen LogP) is 2.73. The van der Waals surface area contributed by atoms with Gasteiger partial charge in [0.1, 0.15) is 6.04 Å². The van der Waals surface area contributed by atoms with E-state index in [0.717, 1.165) is 0 Å². The van der Waals surface area contributed by atoms with Crippen LogP contribution in [0.3, 0.4) is 0 Å². The van der Waals surface area contributed by atoms with Crippen molar-refractivity contribution in [3.05, 3.63) is 64.4 Å². The molecule has 1 unspecified atom stereocenters. The highest BCUT2D eigenvalue weighted by atomic mass is 16.6. The lowest BCUT2D eigenvalue weighted by Crippen LogP contribution is -2.26. The van der Waals surface area contributed by atoms with Gasteiger partial charge >= 0.3 is 0 Å². The maximum absolute atomic E-state index is 11.9. The highest BCUT2D eigenvalue weighted by molar-refractivity contribution is 5.91. The van der Waals surface area contributed by atoms with Crippen LogP contribution in [-0.2, 0) is 0 Å². The molecule has 2 heterocycles. The number of nitro benzene ring substituents is 1. The fraction of sp³-hybridized carbons (Fsp3) is 0.133. The third-order valence-corrected chi connectivity index (χ3v) is 3.22. The van der Waals surface area contributed by atoms with Gasteiger partial charge in [-0.05, 0) is 19.1 Å². The molecule has 0 spiro atoms. The van der Waals surface area contributed by atoms with E-state index in [1.165, 1.54) is 30.5 Å². The third kappa shape index (κ3) is 3.14. The normalized spacial score (nSPS) is 11.9. The Balaban J connectivity index is 1.76. The summed E-state index contributed by atoms with van der Waals surface area (Å²) < 4.78 is 10.1. The van der Waals surface area contributed by atoms with Crippen LogP contribution in [-0.4, -0.2) is 21.0 Å². The molecule has 0 aliphatic rings. The lowest BCUT2D eigenvalue weighted by molar-refractivity contribution is -0.384. The van der Waals surface area contributed by atoms with Gasteiger partial charge in [-0.3, -0.25) is 14.9 Å². The zero-order valence-electron chi connectivity index (χ0n) is 12.5. The summed E-state index contributed by atoms with van der Waals surface area (Å²) in [7, 11) is 0. The second kappa shape index (κ2) is 6.32. The zero-order valence-corrected chi connectivity index (χ0v) is 12.5. The minimum absolute atomic E-state index is 0.0713. The first-order valence-corrected chi connectivity index (χ1v) is 6.97. The van der Waals surface area contributed by atoms with Crippen molar-refractivity contribution in [2.75, 3.05) is 0 Å². The smallest absolute Gasteiger partial charge is 0.287 e. The van der Waals surface area contributed by atoms with Crippen LogP contribution < -0.4 is 5.32 Å². The second-order valence-corrected chi connectivity index (χ2v) is 4.94. The monoisotopic (exact) mass is 328 g/mol. The van der Waals surface area contributed by atoms with E-state index in [-0.39, 0.29) is 23.2 Å². The van der Waals surface area contributed by atoms with Gasteiger partial charge in [0.25, 0.3) is 11.6 Å². The molecular formula is C15H12N4O5. The molecule has 9 nitrogen and oxygen atoms in total. The molecule has 1 atom stereocenters. The van der Waals surface area contributed by atoms with Crippen molar-refractivity contribution in [1.82, 2.24) is 15.5 Å². The van der Waals surface area contributed by atoms with Crippen LogP contribution in [0.2, 0.25) is 0 Å². The molecule has 2 aromatic heterocycles. The van der Waals surface area contributed by atoms with Gasteiger partial charge in [0.05, 0.1) is 11.2 Å². The summed E-state index contributed by atoms with van der Waals surface area (Å²) in [4.78, 5) is 26.4. The van der Waals surface area contributed by atoms with Crippen molar-refractivity contribution in [2.24, 2.45) is 0 Å². The zero-order chi connectivity index (χ0) is 17.1. The number of nitrogens with one attached hydrogen (secondary N) is 1. The molecule has 0 saturated carbocycles. The fourth-order valence-electron chi connectivity index (χ4n) is 2.02. The Morgan fingerprint density at radius 1 is 1.33 bits per heavy atom. The SMILES string of the molecule is CC(NC(=O)c1ccco1)c1nc(-c2cccc([N+](=O)[O-])c2)no1. The van der Waals surface area contributed by atoms with Crippen LogP contribution in [0, 0.1) is 10.1 Å². The van der Waals surface area contributed by atoms with Crippen molar-refractivity contribution in [3.8, 4) is 11.4 Å². The molecule has 3 rings (SSSR count). The number of rotatable bonds is 5. The maximum Gasteiger partial charge on any atom is 0.287 e. The quantitative estimate of drug-likeness (QED) is 0.564. The fourth-order valence-corrected chi connectivity index (χ4v) is 2.02. The van der Waals surface area contributed by atoms with Crippen molar-refractivity contribution >= 4 is 11.6 Å². The Hall–Kier alpha value is -3.49. The van der Waals surface area contributed by atoms with E-state index in [0.29, 0.717) is 5.56 Å². The summed E-state index contributed by atoms with van der Waals surface area (Å²) in [5.74, 6) is 0.132. The van der Waals surface area contributed by atoms with Gasteiger partial charge in [-0.2, -0.15) is 4.98 Å². The lowest BCUT2D eigenvalue weighted by atomic mass is 10.2. The second-order valence-electron chi connectivity index (χ2n) is 4.94. The van der Waals surface area contributed by atoms with Crippen LogP contribution in [0.4, 0.5) is 5.69 Å². The minimum Gasteiger partial charge on any atom is -0.459 e. The Bertz CT molecular complexity index is 872. The molecular weight excluding hydrogens is 316 g/mol. The summed E-state index contributed by atoms with van der Waals surface area (Å²) in [6, 6.07) is 8.47.